The van der Waals surface area contributed by atoms with E-state index in [1.807, 2.05) is 31.2 Å². The lowest BCUT2D eigenvalue weighted by molar-refractivity contribution is -0.463. The van der Waals surface area contributed by atoms with Gasteiger partial charge in [-0.3, -0.25) is 0 Å². The maximum Gasteiger partial charge on any atom is 0.256 e. The molecule has 2 heterocycles. The van der Waals surface area contributed by atoms with Gasteiger partial charge in [0.15, 0.2) is 12.4 Å². The molecule has 0 atom stereocenters. The maximum absolute atomic E-state index is 12.1. The molecular formula is C28H38N7O+. The van der Waals surface area contributed by atoms with E-state index in [0.29, 0.717) is 23.9 Å². The van der Waals surface area contributed by atoms with Crippen molar-refractivity contribution in [2.75, 3.05) is 24.5 Å². The summed E-state index contributed by atoms with van der Waals surface area (Å²) in [4.78, 5) is 25.7. The van der Waals surface area contributed by atoms with Gasteiger partial charge in [0.05, 0.1) is 11.4 Å². The molecule has 0 aliphatic carbocycles. The fourth-order valence-corrected chi connectivity index (χ4v) is 4.07. The molecule has 8 heteroatoms. The van der Waals surface area contributed by atoms with Crippen LogP contribution in [0.1, 0.15) is 61.2 Å². The van der Waals surface area contributed by atoms with Crippen molar-refractivity contribution in [1.29, 1.82) is 0 Å². The standard InChI is InChI=1S/C27H34N7O.CH4/c1-7-18-33(35)22-14-10-19(11-15-22)25-29-26-23(24(27(4,5)6)30-34(26)31-25)28-20-12-16-21(17-13-20)32(8-2)9-3;/h10-17H,7-9,18H2,1-6H3;1H4/q+1;. The van der Waals surface area contributed by atoms with E-state index < -0.39 is 0 Å². The Hall–Kier alpha value is -3.68. The zero-order chi connectivity index (χ0) is 25.2. The van der Waals surface area contributed by atoms with Crippen molar-refractivity contribution in [2.45, 2.75) is 55.4 Å². The van der Waals surface area contributed by atoms with E-state index in [-0.39, 0.29) is 12.8 Å². The molecule has 8 nitrogen and oxygen atoms in total. The van der Waals surface area contributed by atoms with Crippen molar-refractivity contribution in [3.8, 4) is 11.4 Å². The van der Waals surface area contributed by atoms with Crippen molar-refractivity contribution >= 4 is 28.5 Å². The van der Waals surface area contributed by atoms with Gasteiger partial charge in [-0.15, -0.1) is 9.89 Å². The summed E-state index contributed by atoms with van der Waals surface area (Å²) in [6, 6.07) is 15.6. The number of rotatable bonds is 8. The molecule has 36 heavy (non-hydrogen) atoms. The smallest absolute Gasteiger partial charge is 0.256 e. The van der Waals surface area contributed by atoms with Crippen LogP contribution in [0.5, 0.6) is 0 Å². The van der Waals surface area contributed by atoms with Crippen molar-refractivity contribution in [2.24, 2.45) is 15.5 Å². The summed E-state index contributed by atoms with van der Waals surface area (Å²) in [5, 5.41) is 9.38. The first-order valence-corrected chi connectivity index (χ1v) is 12.3. The van der Waals surface area contributed by atoms with Crippen LogP contribution in [0.15, 0.2) is 58.6 Å². The van der Waals surface area contributed by atoms with Crippen LogP contribution in [0.25, 0.3) is 11.4 Å². The molecule has 0 bridgehead atoms. The van der Waals surface area contributed by atoms with Crippen LogP contribution >= 0.6 is 0 Å². The summed E-state index contributed by atoms with van der Waals surface area (Å²) < 4.78 is 1.00. The Balaban J connectivity index is 0.00000361. The van der Waals surface area contributed by atoms with E-state index in [9.17, 15) is 4.91 Å². The largest absolute Gasteiger partial charge is 0.372 e. The number of anilines is 1. The van der Waals surface area contributed by atoms with E-state index in [2.05, 4.69) is 56.8 Å². The Morgan fingerprint density at radius 1 is 0.972 bits per heavy atom. The topological polar surface area (TPSA) is 78.7 Å². The average molecular weight is 489 g/mol. The number of aromatic nitrogens is 3. The zero-order valence-electron chi connectivity index (χ0n) is 21.5. The monoisotopic (exact) mass is 488 g/mol. The molecule has 4 rings (SSSR count). The average Bonchev–Trinajstić information content (AvgIpc) is 3.40. The summed E-state index contributed by atoms with van der Waals surface area (Å²) >= 11 is 0. The minimum atomic E-state index is -0.221. The Morgan fingerprint density at radius 2 is 1.61 bits per heavy atom. The highest BCUT2D eigenvalue weighted by atomic mass is 16.3. The van der Waals surface area contributed by atoms with E-state index in [1.54, 1.807) is 16.9 Å². The Morgan fingerprint density at radius 3 is 2.17 bits per heavy atom. The minimum absolute atomic E-state index is 0. The fourth-order valence-electron chi connectivity index (χ4n) is 4.07. The quantitative estimate of drug-likeness (QED) is 0.333. The predicted molar refractivity (Wildman–Crippen MR) is 149 cm³/mol. The van der Waals surface area contributed by atoms with E-state index in [1.165, 1.54) is 5.69 Å². The van der Waals surface area contributed by atoms with Crippen molar-refractivity contribution < 1.29 is 4.76 Å². The molecule has 1 aliphatic heterocycles. The van der Waals surface area contributed by atoms with Crippen molar-refractivity contribution in [1.82, 2.24) is 14.9 Å². The van der Waals surface area contributed by atoms with Gasteiger partial charge in [-0.1, -0.05) is 35.1 Å². The number of fused-ring (bicyclic) bond motifs is 1. The molecule has 0 fully saturated rings. The number of hydrogen-bond acceptors (Lipinski definition) is 6. The van der Waals surface area contributed by atoms with Crippen LogP contribution in [0.2, 0.25) is 0 Å². The van der Waals surface area contributed by atoms with Gasteiger partial charge in [0.25, 0.3) is 5.69 Å². The highest BCUT2D eigenvalue weighted by molar-refractivity contribution is 6.50. The lowest BCUT2D eigenvalue weighted by atomic mass is 9.87. The van der Waals surface area contributed by atoms with Gasteiger partial charge < -0.3 is 4.90 Å². The maximum atomic E-state index is 12.1. The van der Waals surface area contributed by atoms with E-state index in [0.717, 1.165) is 46.9 Å². The summed E-state index contributed by atoms with van der Waals surface area (Å²) in [6.07, 6.45) is 0.801. The number of aliphatic imine (C=N–C) groups is 1. The van der Waals surface area contributed by atoms with Gasteiger partial charge in [0, 0.05) is 58.0 Å². The Labute approximate surface area is 214 Å². The lowest BCUT2D eigenvalue weighted by Gasteiger charge is -2.21. The van der Waals surface area contributed by atoms with Crippen LogP contribution in [0.3, 0.4) is 0 Å². The van der Waals surface area contributed by atoms with Crippen molar-refractivity contribution in [3.63, 3.8) is 0 Å². The molecule has 190 valence electrons. The Kier molecular flexibility index (Phi) is 8.17. The highest BCUT2D eigenvalue weighted by Gasteiger charge is 2.35. The highest BCUT2D eigenvalue weighted by Crippen LogP contribution is 2.29. The molecule has 1 aliphatic rings. The number of benzene rings is 2. The van der Waals surface area contributed by atoms with Crippen molar-refractivity contribution in [3.05, 3.63) is 59.3 Å². The molecule has 0 amide bonds. The lowest BCUT2D eigenvalue weighted by Crippen LogP contribution is -2.27. The Bertz CT molecular complexity index is 1260. The molecule has 0 saturated heterocycles. The third kappa shape index (κ3) is 5.42. The third-order valence-electron chi connectivity index (χ3n) is 5.99. The first kappa shape index (κ1) is 26.9. The second-order valence-electron chi connectivity index (χ2n) is 9.65. The molecule has 0 spiro atoms. The van der Waals surface area contributed by atoms with Gasteiger partial charge in [-0.05, 0) is 50.2 Å². The van der Waals surface area contributed by atoms with Gasteiger partial charge in [0.1, 0.15) is 5.71 Å². The van der Waals surface area contributed by atoms with Crippen LogP contribution in [0, 0.1) is 10.3 Å². The third-order valence-corrected chi connectivity index (χ3v) is 5.99. The van der Waals surface area contributed by atoms with Crippen LogP contribution in [-0.2, 0) is 0 Å². The zero-order valence-corrected chi connectivity index (χ0v) is 21.5. The first-order valence-electron chi connectivity index (χ1n) is 12.3. The van der Waals surface area contributed by atoms with E-state index >= 15 is 0 Å². The van der Waals surface area contributed by atoms with Gasteiger partial charge >= 0.3 is 0 Å². The van der Waals surface area contributed by atoms with Gasteiger partial charge in [-0.2, -0.15) is 5.10 Å². The normalized spacial score (nSPS) is 13.8. The molecular weight excluding hydrogens is 450 g/mol. The number of nitrogens with zero attached hydrogens (tertiary/aromatic N) is 7. The summed E-state index contributed by atoms with van der Waals surface area (Å²) in [5.41, 5.74) is 4.85. The molecule has 0 N–H and O–H groups in total. The summed E-state index contributed by atoms with van der Waals surface area (Å²) in [5.74, 6) is 1.18. The minimum Gasteiger partial charge on any atom is -0.372 e. The molecule has 1 aromatic heterocycles. The molecule has 3 aromatic rings. The van der Waals surface area contributed by atoms with Crippen LogP contribution in [-0.4, -0.2) is 50.7 Å². The van der Waals surface area contributed by atoms with E-state index in [4.69, 9.17) is 15.1 Å². The number of nitroso groups, excluding NO2 is 1. The summed E-state index contributed by atoms with van der Waals surface area (Å²) in [7, 11) is 0. The number of hydrogen-bond donors (Lipinski definition) is 0. The fraction of sp³-hybridized carbons (Fsp3) is 0.429. The second-order valence-corrected chi connectivity index (χ2v) is 9.65. The molecule has 0 unspecified atom stereocenters. The molecule has 0 saturated carbocycles. The molecule has 2 aromatic carbocycles. The van der Waals surface area contributed by atoms with Gasteiger partial charge in [0.2, 0.25) is 5.82 Å². The summed E-state index contributed by atoms with van der Waals surface area (Å²) in [6.45, 7) is 15.0. The first-order chi connectivity index (χ1) is 16.7. The van der Waals surface area contributed by atoms with Crippen LogP contribution < -0.4 is 4.90 Å². The SMILES string of the molecule is C.CCC[N+](=O)c1ccc(-c2nc3n(n2)N=C(C(C)(C)C)C3=Nc2ccc(N(CC)CC)cc2)cc1. The molecule has 0 radical (unpaired) electrons. The second kappa shape index (κ2) is 10.9. The predicted octanol–water partition coefficient (Wildman–Crippen LogP) is 6.63. The van der Waals surface area contributed by atoms with Crippen LogP contribution in [0.4, 0.5) is 17.1 Å². The van der Waals surface area contributed by atoms with Gasteiger partial charge in [-0.25, -0.2) is 9.98 Å².